The fourth-order valence-electron chi connectivity index (χ4n) is 1.95. The highest BCUT2D eigenvalue weighted by Gasteiger charge is 2.41. The Hall–Kier alpha value is -1.10. The van der Waals surface area contributed by atoms with E-state index < -0.39 is 11.8 Å². The third kappa shape index (κ3) is 0.972. The van der Waals surface area contributed by atoms with Crippen molar-refractivity contribution in [3.63, 3.8) is 0 Å². The van der Waals surface area contributed by atoms with Gasteiger partial charge in [0.25, 0.3) is 0 Å². The lowest BCUT2D eigenvalue weighted by Crippen LogP contribution is -2.50. The standard InChI is InChI=1S/C7H11N3O2/c8-6(11)7(12)10-3-4-1-5(10)2-9-4/h4-5,9H,1-3H2,(H2,8,11). The Morgan fingerprint density at radius 1 is 1.50 bits per heavy atom. The third-order valence-corrected chi connectivity index (χ3v) is 2.53. The number of primary amides is 1. The summed E-state index contributed by atoms with van der Waals surface area (Å²) < 4.78 is 0. The van der Waals surface area contributed by atoms with E-state index in [0.29, 0.717) is 12.6 Å². The molecule has 5 nitrogen and oxygen atoms in total. The summed E-state index contributed by atoms with van der Waals surface area (Å²) in [4.78, 5) is 23.3. The van der Waals surface area contributed by atoms with Gasteiger partial charge in [-0.05, 0) is 6.42 Å². The van der Waals surface area contributed by atoms with Crippen LogP contribution in [-0.4, -0.2) is 41.9 Å². The second kappa shape index (κ2) is 2.45. The highest BCUT2D eigenvalue weighted by atomic mass is 16.2. The van der Waals surface area contributed by atoms with E-state index in [0.717, 1.165) is 13.0 Å². The molecule has 0 spiro atoms. The summed E-state index contributed by atoms with van der Waals surface area (Å²) in [6, 6.07) is 0.563. The van der Waals surface area contributed by atoms with Gasteiger partial charge in [-0.1, -0.05) is 0 Å². The highest BCUT2D eigenvalue weighted by molar-refractivity contribution is 6.34. The molecule has 2 rings (SSSR count). The van der Waals surface area contributed by atoms with Crippen LogP contribution in [0.1, 0.15) is 6.42 Å². The van der Waals surface area contributed by atoms with Crippen LogP contribution in [0.5, 0.6) is 0 Å². The molecule has 2 saturated heterocycles. The number of nitrogens with two attached hydrogens (primary N) is 1. The highest BCUT2D eigenvalue weighted by Crippen LogP contribution is 2.22. The van der Waals surface area contributed by atoms with Crippen molar-refractivity contribution in [2.75, 3.05) is 13.1 Å². The molecule has 2 fully saturated rings. The molecule has 2 heterocycles. The number of hydrogen-bond donors (Lipinski definition) is 2. The van der Waals surface area contributed by atoms with E-state index in [2.05, 4.69) is 5.32 Å². The van der Waals surface area contributed by atoms with Crippen LogP contribution in [0, 0.1) is 0 Å². The number of fused-ring (bicyclic) bond motifs is 2. The van der Waals surface area contributed by atoms with Crippen LogP contribution in [0.15, 0.2) is 0 Å². The normalized spacial score (nSPS) is 32.5. The summed E-state index contributed by atoms with van der Waals surface area (Å²) in [6.45, 7) is 1.43. The Balaban J connectivity index is 2.07. The molecule has 2 bridgehead atoms. The van der Waals surface area contributed by atoms with Gasteiger partial charge in [-0.15, -0.1) is 0 Å². The van der Waals surface area contributed by atoms with Crippen LogP contribution in [0.3, 0.4) is 0 Å². The van der Waals surface area contributed by atoms with Gasteiger partial charge >= 0.3 is 11.8 Å². The first-order valence-corrected chi connectivity index (χ1v) is 4.02. The average Bonchev–Trinajstić information content (AvgIpc) is 2.62. The van der Waals surface area contributed by atoms with Crippen LogP contribution < -0.4 is 11.1 Å². The van der Waals surface area contributed by atoms with Crippen molar-refractivity contribution in [3.05, 3.63) is 0 Å². The molecular weight excluding hydrogens is 158 g/mol. The first-order chi connectivity index (χ1) is 5.68. The van der Waals surface area contributed by atoms with E-state index >= 15 is 0 Å². The van der Waals surface area contributed by atoms with E-state index in [4.69, 9.17) is 5.73 Å². The lowest BCUT2D eigenvalue weighted by molar-refractivity contribution is -0.145. The van der Waals surface area contributed by atoms with Crippen molar-refractivity contribution >= 4 is 11.8 Å². The molecule has 0 saturated carbocycles. The quantitative estimate of drug-likeness (QED) is 0.414. The lowest BCUT2D eigenvalue weighted by Gasteiger charge is -2.25. The van der Waals surface area contributed by atoms with Crippen LogP contribution in [0.25, 0.3) is 0 Å². The Morgan fingerprint density at radius 2 is 2.25 bits per heavy atom. The molecule has 0 aromatic rings. The third-order valence-electron chi connectivity index (χ3n) is 2.53. The number of nitrogens with one attached hydrogen (secondary N) is 1. The summed E-state index contributed by atoms with van der Waals surface area (Å²) in [5.41, 5.74) is 4.90. The summed E-state index contributed by atoms with van der Waals surface area (Å²) >= 11 is 0. The summed E-state index contributed by atoms with van der Waals surface area (Å²) in [5, 5.41) is 3.23. The van der Waals surface area contributed by atoms with Gasteiger partial charge in [0.15, 0.2) is 0 Å². The van der Waals surface area contributed by atoms with Crippen molar-refractivity contribution < 1.29 is 9.59 Å². The SMILES string of the molecule is NC(=O)C(=O)N1CC2CC1CN2. The number of carbonyl (C=O) groups is 2. The van der Waals surface area contributed by atoms with Crippen LogP contribution >= 0.6 is 0 Å². The van der Waals surface area contributed by atoms with Gasteiger partial charge in [-0.25, -0.2) is 0 Å². The van der Waals surface area contributed by atoms with Gasteiger partial charge in [-0.2, -0.15) is 0 Å². The van der Waals surface area contributed by atoms with E-state index in [-0.39, 0.29) is 6.04 Å². The lowest BCUT2D eigenvalue weighted by atomic mass is 10.2. The summed E-state index contributed by atoms with van der Waals surface area (Å²) in [5.74, 6) is -1.38. The maximum absolute atomic E-state index is 11.2. The molecule has 0 aromatic carbocycles. The van der Waals surface area contributed by atoms with E-state index in [1.807, 2.05) is 0 Å². The van der Waals surface area contributed by atoms with Crippen molar-refractivity contribution in [2.45, 2.75) is 18.5 Å². The minimum Gasteiger partial charge on any atom is -0.361 e. The first-order valence-electron chi connectivity index (χ1n) is 4.02. The van der Waals surface area contributed by atoms with E-state index in [9.17, 15) is 9.59 Å². The van der Waals surface area contributed by atoms with E-state index in [1.54, 1.807) is 4.90 Å². The second-order valence-corrected chi connectivity index (χ2v) is 3.32. The summed E-state index contributed by atoms with van der Waals surface area (Å²) in [6.07, 6.45) is 0.957. The maximum atomic E-state index is 11.2. The average molecular weight is 169 g/mol. The minimum atomic E-state index is -0.845. The fourth-order valence-corrected chi connectivity index (χ4v) is 1.95. The predicted molar refractivity (Wildman–Crippen MR) is 41.1 cm³/mol. The largest absolute Gasteiger partial charge is 0.361 e. The molecule has 0 aromatic heterocycles. The molecule has 0 radical (unpaired) electrons. The molecule has 0 aliphatic carbocycles. The zero-order valence-corrected chi connectivity index (χ0v) is 6.62. The minimum absolute atomic E-state index is 0.190. The number of hydrogen-bond acceptors (Lipinski definition) is 3. The van der Waals surface area contributed by atoms with Gasteiger partial charge in [0, 0.05) is 25.2 Å². The monoisotopic (exact) mass is 169 g/mol. The Morgan fingerprint density at radius 3 is 2.67 bits per heavy atom. The zero-order chi connectivity index (χ0) is 8.72. The Bertz CT molecular complexity index is 241. The molecule has 3 N–H and O–H groups in total. The van der Waals surface area contributed by atoms with Gasteiger partial charge in [0.2, 0.25) is 0 Å². The molecule has 66 valence electrons. The van der Waals surface area contributed by atoms with Gasteiger partial charge < -0.3 is 16.0 Å². The number of likely N-dealkylation sites (tertiary alicyclic amines) is 1. The topological polar surface area (TPSA) is 75.4 Å². The van der Waals surface area contributed by atoms with Crippen molar-refractivity contribution in [2.24, 2.45) is 5.73 Å². The molecule has 2 atom stereocenters. The molecule has 2 amide bonds. The van der Waals surface area contributed by atoms with Crippen molar-refractivity contribution in [1.82, 2.24) is 10.2 Å². The van der Waals surface area contributed by atoms with Gasteiger partial charge in [-0.3, -0.25) is 9.59 Å². The van der Waals surface area contributed by atoms with Crippen LogP contribution in [0.2, 0.25) is 0 Å². The number of amides is 2. The van der Waals surface area contributed by atoms with Crippen LogP contribution in [-0.2, 0) is 9.59 Å². The zero-order valence-electron chi connectivity index (χ0n) is 6.62. The van der Waals surface area contributed by atoms with Crippen molar-refractivity contribution in [3.8, 4) is 0 Å². The number of nitrogens with zero attached hydrogens (tertiary/aromatic N) is 1. The smallest absolute Gasteiger partial charge is 0.312 e. The van der Waals surface area contributed by atoms with Gasteiger partial charge in [0.1, 0.15) is 0 Å². The second-order valence-electron chi connectivity index (χ2n) is 3.32. The number of rotatable bonds is 0. The Kier molecular flexibility index (Phi) is 1.54. The molecule has 2 aliphatic rings. The summed E-state index contributed by atoms with van der Waals surface area (Å²) in [7, 11) is 0. The Labute approximate surface area is 69.9 Å². The fraction of sp³-hybridized carbons (Fsp3) is 0.714. The maximum Gasteiger partial charge on any atom is 0.312 e. The van der Waals surface area contributed by atoms with Gasteiger partial charge in [0.05, 0.1) is 0 Å². The predicted octanol–water partition coefficient (Wildman–Crippen LogP) is -1.96. The van der Waals surface area contributed by atoms with E-state index in [1.165, 1.54) is 0 Å². The molecule has 12 heavy (non-hydrogen) atoms. The molecule has 2 aliphatic heterocycles. The molecular formula is C7H11N3O2. The molecule has 5 heteroatoms. The number of piperazine rings is 1. The van der Waals surface area contributed by atoms with Crippen LogP contribution in [0.4, 0.5) is 0 Å². The number of carbonyl (C=O) groups excluding carboxylic acids is 2. The molecule has 2 unspecified atom stereocenters. The first kappa shape index (κ1) is 7.54. The van der Waals surface area contributed by atoms with Crippen molar-refractivity contribution in [1.29, 1.82) is 0 Å².